The smallest absolute Gasteiger partial charge is 0.227 e. The number of amides is 1. The highest BCUT2D eigenvalue weighted by Crippen LogP contribution is 2.32. The van der Waals surface area contributed by atoms with Crippen LogP contribution in [0.5, 0.6) is 0 Å². The lowest BCUT2D eigenvalue weighted by Crippen LogP contribution is -2.24. The molecule has 0 bridgehead atoms. The number of aromatic nitrogens is 8. The van der Waals surface area contributed by atoms with E-state index in [1.165, 1.54) is 6.42 Å². The number of hydrogen-bond donors (Lipinski definition) is 3. The number of H-pyrrole nitrogens is 2. The Hall–Kier alpha value is -4.99. The van der Waals surface area contributed by atoms with E-state index in [2.05, 4.69) is 40.4 Å². The third-order valence-corrected chi connectivity index (χ3v) is 7.28. The first kappa shape index (κ1) is 23.2. The highest BCUT2D eigenvalue weighted by Gasteiger charge is 2.21. The number of pyridine rings is 4. The molecule has 1 aliphatic carbocycles. The maximum absolute atomic E-state index is 12.8. The van der Waals surface area contributed by atoms with E-state index in [1.54, 1.807) is 37.2 Å². The number of rotatable bonds is 5. The van der Waals surface area contributed by atoms with Crippen LogP contribution in [0, 0.1) is 5.92 Å². The molecule has 10 nitrogen and oxygen atoms in total. The van der Waals surface area contributed by atoms with Crippen molar-refractivity contribution in [1.82, 2.24) is 40.1 Å². The lowest BCUT2D eigenvalue weighted by Gasteiger charge is -2.20. The van der Waals surface area contributed by atoms with Gasteiger partial charge in [0.05, 0.1) is 40.5 Å². The van der Waals surface area contributed by atoms with Gasteiger partial charge in [-0.3, -0.25) is 29.8 Å². The van der Waals surface area contributed by atoms with E-state index in [0.717, 1.165) is 70.1 Å². The molecule has 1 fully saturated rings. The van der Waals surface area contributed by atoms with Crippen LogP contribution in [0.4, 0.5) is 5.69 Å². The number of nitrogens with one attached hydrogen (secondary N) is 3. The summed E-state index contributed by atoms with van der Waals surface area (Å²) in [5.41, 5.74) is 6.91. The molecular formula is C29H25N9O. The molecule has 3 N–H and O–H groups in total. The molecule has 10 heteroatoms. The molecule has 0 atom stereocenters. The van der Waals surface area contributed by atoms with Crippen LogP contribution < -0.4 is 5.32 Å². The lowest BCUT2D eigenvalue weighted by atomic mass is 9.88. The van der Waals surface area contributed by atoms with Crippen molar-refractivity contribution in [3.8, 4) is 34.0 Å². The van der Waals surface area contributed by atoms with Crippen LogP contribution >= 0.6 is 0 Å². The SMILES string of the molecule is O=C(Nc1cncc(-c2cc3c(-c4nc5c(-c6cccnc6)nccc5[nH]4)n[nH]c3cn2)c1)C1CCCCC1. The van der Waals surface area contributed by atoms with E-state index in [0.29, 0.717) is 17.2 Å². The first-order valence-electron chi connectivity index (χ1n) is 13.1. The Morgan fingerprint density at radius 1 is 0.872 bits per heavy atom. The summed E-state index contributed by atoms with van der Waals surface area (Å²) >= 11 is 0. The van der Waals surface area contributed by atoms with Gasteiger partial charge in [-0.05, 0) is 43.2 Å². The van der Waals surface area contributed by atoms with Gasteiger partial charge in [-0.15, -0.1) is 0 Å². The molecule has 0 unspecified atom stereocenters. The summed E-state index contributed by atoms with van der Waals surface area (Å²) in [7, 11) is 0. The summed E-state index contributed by atoms with van der Waals surface area (Å²) < 4.78 is 0. The minimum Gasteiger partial charge on any atom is -0.336 e. The Balaban J connectivity index is 1.23. The zero-order valence-electron chi connectivity index (χ0n) is 21.1. The molecule has 1 aliphatic rings. The number of carbonyl (C=O) groups is 1. The summed E-state index contributed by atoms with van der Waals surface area (Å²) in [6.45, 7) is 0. The third-order valence-electron chi connectivity index (χ3n) is 7.28. The molecule has 6 heterocycles. The summed E-state index contributed by atoms with van der Waals surface area (Å²) in [6.07, 6.45) is 15.8. The van der Waals surface area contributed by atoms with Gasteiger partial charge in [-0.25, -0.2) is 4.98 Å². The second-order valence-corrected chi connectivity index (χ2v) is 9.86. The number of anilines is 1. The molecule has 0 spiro atoms. The molecule has 39 heavy (non-hydrogen) atoms. The minimum absolute atomic E-state index is 0.0687. The van der Waals surface area contributed by atoms with Gasteiger partial charge in [-0.2, -0.15) is 5.10 Å². The van der Waals surface area contributed by atoms with Crippen molar-refractivity contribution < 1.29 is 4.79 Å². The summed E-state index contributed by atoms with van der Waals surface area (Å²) in [5.74, 6) is 0.764. The predicted octanol–water partition coefficient (Wildman–Crippen LogP) is 5.54. The van der Waals surface area contributed by atoms with Gasteiger partial charge in [0, 0.05) is 47.2 Å². The Labute approximate surface area is 223 Å². The van der Waals surface area contributed by atoms with Crippen molar-refractivity contribution in [2.24, 2.45) is 5.92 Å². The second kappa shape index (κ2) is 9.71. The summed E-state index contributed by atoms with van der Waals surface area (Å²) in [4.78, 5) is 38.8. The lowest BCUT2D eigenvalue weighted by molar-refractivity contribution is -0.120. The van der Waals surface area contributed by atoms with Crippen LogP contribution in [0.15, 0.2) is 67.5 Å². The van der Waals surface area contributed by atoms with Crippen molar-refractivity contribution in [2.75, 3.05) is 5.32 Å². The van der Waals surface area contributed by atoms with E-state index < -0.39 is 0 Å². The average molecular weight is 516 g/mol. The van der Waals surface area contributed by atoms with Gasteiger partial charge in [0.25, 0.3) is 0 Å². The Kier molecular flexibility index (Phi) is 5.77. The zero-order valence-corrected chi connectivity index (χ0v) is 21.1. The van der Waals surface area contributed by atoms with Gasteiger partial charge in [-0.1, -0.05) is 19.3 Å². The molecule has 7 rings (SSSR count). The summed E-state index contributed by atoms with van der Waals surface area (Å²) in [5, 5.41) is 11.5. The maximum Gasteiger partial charge on any atom is 0.227 e. The first-order chi connectivity index (χ1) is 19.2. The van der Waals surface area contributed by atoms with Gasteiger partial charge in [0.1, 0.15) is 11.2 Å². The average Bonchev–Trinajstić information content (AvgIpc) is 3.62. The highest BCUT2D eigenvalue weighted by atomic mass is 16.1. The van der Waals surface area contributed by atoms with E-state index >= 15 is 0 Å². The van der Waals surface area contributed by atoms with E-state index in [1.807, 2.05) is 30.3 Å². The molecule has 0 aromatic carbocycles. The van der Waals surface area contributed by atoms with E-state index in [-0.39, 0.29) is 11.8 Å². The number of carbonyl (C=O) groups excluding carboxylic acids is 1. The van der Waals surface area contributed by atoms with Gasteiger partial charge in [0.15, 0.2) is 5.82 Å². The van der Waals surface area contributed by atoms with E-state index in [9.17, 15) is 4.79 Å². The van der Waals surface area contributed by atoms with Crippen molar-refractivity contribution in [3.05, 3.63) is 67.5 Å². The summed E-state index contributed by atoms with van der Waals surface area (Å²) in [6, 6.07) is 9.61. The van der Waals surface area contributed by atoms with Gasteiger partial charge >= 0.3 is 0 Å². The highest BCUT2D eigenvalue weighted by molar-refractivity contribution is 5.97. The number of aromatic amines is 2. The molecule has 0 saturated heterocycles. The molecule has 6 aromatic heterocycles. The molecule has 1 saturated carbocycles. The quantitative estimate of drug-likeness (QED) is 0.274. The predicted molar refractivity (Wildman–Crippen MR) is 148 cm³/mol. The fourth-order valence-corrected chi connectivity index (χ4v) is 5.27. The van der Waals surface area contributed by atoms with Crippen molar-refractivity contribution in [2.45, 2.75) is 32.1 Å². The van der Waals surface area contributed by atoms with Crippen molar-refractivity contribution in [3.63, 3.8) is 0 Å². The Bertz CT molecular complexity index is 1800. The normalized spacial score (nSPS) is 14.2. The standard InChI is InChI=1S/C29H25N9O/c39-29(17-5-2-1-3-6-17)34-20-11-19(14-31-15-20)23-12-21-24(16-33-23)37-38-26(21)28-35-22-8-10-32-25(27(22)36-28)18-7-4-9-30-13-18/h4,7-17H,1-3,5-6H2,(H,34,39)(H,35,36)(H,37,38). The van der Waals surface area contributed by atoms with Crippen LogP contribution in [0.25, 0.3) is 56.0 Å². The van der Waals surface area contributed by atoms with Crippen molar-refractivity contribution >= 4 is 33.5 Å². The molecule has 6 aromatic rings. The van der Waals surface area contributed by atoms with Gasteiger partial charge in [0.2, 0.25) is 5.91 Å². The molecular weight excluding hydrogens is 490 g/mol. The Morgan fingerprint density at radius 3 is 2.64 bits per heavy atom. The molecule has 0 radical (unpaired) electrons. The molecule has 192 valence electrons. The number of hydrogen-bond acceptors (Lipinski definition) is 7. The third kappa shape index (κ3) is 4.39. The maximum atomic E-state index is 12.8. The zero-order chi connectivity index (χ0) is 26.2. The topological polar surface area (TPSA) is 138 Å². The minimum atomic E-state index is 0.0687. The largest absolute Gasteiger partial charge is 0.336 e. The monoisotopic (exact) mass is 515 g/mol. The van der Waals surface area contributed by atoms with Crippen LogP contribution in [0.1, 0.15) is 32.1 Å². The van der Waals surface area contributed by atoms with Gasteiger partial charge < -0.3 is 10.3 Å². The van der Waals surface area contributed by atoms with Crippen LogP contribution in [-0.2, 0) is 4.79 Å². The van der Waals surface area contributed by atoms with Crippen LogP contribution in [0.2, 0.25) is 0 Å². The molecule has 0 aliphatic heterocycles. The fraction of sp³-hybridized carbons (Fsp3) is 0.207. The Morgan fingerprint density at radius 2 is 1.77 bits per heavy atom. The fourth-order valence-electron chi connectivity index (χ4n) is 5.27. The first-order valence-corrected chi connectivity index (χ1v) is 13.1. The second-order valence-electron chi connectivity index (χ2n) is 9.86. The number of fused-ring (bicyclic) bond motifs is 2. The number of imidazole rings is 1. The van der Waals surface area contributed by atoms with Crippen LogP contribution in [-0.4, -0.2) is 46.0 Å². The molecule has 1 amide bonds. The van der Waals surface area contributed by atoms with Crippen LogP contribution in [0.3, 0.4) is 0 Å². The van der Waals surface area contributed by atoms with Crippen molar-refractivity contribution in [1.29, 1.82) is 0 Å². The van der Waals surface area contributed by atoms with E-state index in [4.69, 9.17) is 4.98 Å². The number of nitrogens with zero attached hydrogens (tertiary/aromatic N) is 6.